The van der Waals surface area contributed by atoms with Gasteiger partial charge in [0.05, 0.1) is 5.69 Å². The van der Waals surface area contributed by atoms with Crippen molar-refractivity contribution in [1.82, 2.24) is 0 Å². The van der Waals surface area contributed by atoms with Crippen molar-refractivity contribution in [2.45, 2.75) is 11.2 Å². The van der Waals surface area contributed by atoms with E-state index in [-0.39, 0.29) is 16.6 Å². The smallest absolute Gasteiger partial charge is 0.228 e. The number of hydrogen-bond acceptors (Lipinski definition) is 2. The van der Waals surface area contributed by atoms with Crippen molar-refractivity contribution in [3.63, 3.8) is 0 Å². The number of alkyl halides is 1. The number of anilines is 2. The lowest BCUT2D eigenvalue weighted by atomic mass is 10.2. The second-order valence-corrected chi connectivity index (χ2v) is 5.63. The average Bonchev–Trinajstić information content (AvgIpc) is 2.57. The Morgan fingerprint density at radius 1 is 1.47 bits per heavy atom. The first kappa shape index (κ1) is 12.4. The van der Waals surface area contributed by atoms with E-state index in [0.717, 1.165) is 0 Å². The summed E-state index contributed by atoms with van der Waals surface area (Å²) in [6.07, 6.45) is 0.469. The Kier molecular flexibility index (Phi) is 3.38. The van der Waals surface area contributed by atoms with Crippen molar-refractivity contribution in [2.75, 3.05) is 30.4 Å². The third-order valence-corrected chi connectivity index (χ3v) is 3.42. The van der Waals surface area contributed by atoms with E-state index in [1.54, 1.807) is 36.0 Å². The van der Waals surface area contributed by atoms with Gasteiger partial charge in [0.25, 0.3) is 0 Å². The molecular formula is C12H14BrFN2O. The number of rotatable bonds is 2. The Bertz CT molecular complexity index is 450. The summed E-state index contributed by atoms with van der Waals surface area (Å²) in [6, 6.07) is 4.89. The van der Waals surface area contributed by atoms with Gasteiger partial charge in [-0.1, -0.05) is 15.9 Å². The van der Waals surface area contributed by atoms with E-state index in [4.69, 9.17) is 0 Å². The van der Waals surface area contributed by atoms with Gasteiger partial charge >= 0.3 is 0 Å². The minimum atomic E-state index is -0.307. The van der Waals surface area contributed by atoms with Crippen molar-refractivity contribution in [3.8, 4) is 0 Å². The van der Waals surface area contributed by atoms with Crippen LogP contribution in [0.25, 0.3) is 0 Å². The molecule has 0 N–H and O–H groups in total. The van der Waals surface area contributed by atoms with Gasteiger partial charge in [-0.2, -0.15) is 0 Å². The molecule has 0 aromatic heterocycles. The summed E-state index contributed by atoms with van der Waals surface area (Å²) in [6.45, 7) is 0.597. The quantitative estimate of drug-likeness (QED) is 0.783. The van der Waals surface area contributed by atoms with Crippen LogP contribution in [-0.4, -0.2) is 31.4 Å². The molecule has 1 heterocycles. The highest BCUT2D eigenvalue weighted by atomic mass is 79.9. The summed E-state index contributed by atoms with van der Waals surface area (Å²) < 4.78 is 13.8. The van der Waals surface area contributed by atoms with E-state index < -0.39 is 0 Å². The Labute approximate surface area is 108 Å². The van der Waals surface area contributed by atoms with Gasteiger partial charge in [-0.15, -0.1) is 0 Å². The lowest BCUT2D eigenvalue weighted by Gasteiger charge is -2.19. The van der Waals surface area contributed by atoms with E-state index >= 15 is 0 Å². The molecular weight excluding hydrogens is 287 g/mol. The molecule has 2 rings (SSSR count). The Morgan fingerprint density at radius 2 is 2.18 bits per heavy atom. The van der Waals surface area contributed by atoms with Crippen LogP contribution in [0.4, 0.5) is 15.8 Å². The standard InChI is InChI=1S/C12H14BrFN2O/c1-15(2)11-4-3-9(6-10(11)14)16-7-8(13)5-12(16)17/h3-4,6,8H,5,7H2,1-2H3. The van der Waals surface area contributed by atoms with Crippen LogP contribution in [0, 0.1) is 5.82 Å². The van der Waals surface area contributed by atoms with Crippen LogP contribution in [0.3, 0.4) is 0 Å². The molecule has 3 nitrogen and oxygen atoms in total. The summed E-state index contributed by atoms with van der Waals surface area (Å²) in [7, 11) is 3.57. The summed E-state index contributed by atoms with van der Waals surface area (Å²) in [5, 5.41) is 0. The molecule has 0 saturated carbocycles. The molecule has 1 atom stereocenters. The molecule has 5 heteroatoms. The van der Waals surface area contributed by atoms with E-state index in [2.05, 4.69) is 15.9 Å². The lowest BCUT2D eigenvalue weighted by Crippen LogP contribution is -2.24. The molecule has 1 saturated heterocycles. The van der Waals surface area contributed by atoms with Gasteiger partial charge in [0.2, 0.25) is 5.91 Å². The molecule has 0 aliphatic carbocycles. The lowest BCUT2D eigenvalue weighted by molar-refractivity contribution is -0.117. The molecule has 1 amide bonds. The second kappa shape index (κ2) is 4.64. The SMILES string of the molecule is CN(C)c1ccc(N2CC(Br)CC2=O)cc1F. The first-order chi connectivity index (χ1) is 7.99. The van der Waals surface area contributed by atoms with Crippen LogP contribution < -0.4 is 9.80 Å². The van der Waals surface area contributed by atoms with E-state index in [1.807, 2.05) is 0 Å². The fourth-order valence-corrected chi connectivity index (χ4v) is 2.51. The number of carbonyl (C=O) groups excluding carboxylic acids is 1. The summed E-state index contributed by atoms with van der Waals surface area (Å²) >= 11 is 3.41. The third-order valence-electron chi connectivity index (χ3n) is 2.80. The number of carbonyl (C=O) groups is 1. The maximum absolute atomic E-state index is 13.8. The van der Waals surface area contributed by atoms with Gasteiger partial charge in [0.15, 0.2) is 0 Å². The fourth-order valence-electron chi connectivity index (χ4n) is 1.94. The highest BCUT2D eigenvalue weighted by Crippen LogP contribution is 2.28. The van der Waals surface area contributed by atoms with Crippen LogP contribution in [0.5, 0.6) is 0 Å². The topological polar surface area (TPSA) is 23.6 Å². The molecule has 1 aliphatic heterocycles. The number of nitrogens with zero attached hydrogens (tertiary/aromatic N) is 2. The summed E-state index contributed by atoms with van der Waals surface area (Å²) in [5.74, 6) is -0.276. The highest BCUT2D eigenvalue weighted by molar-refractivity contribution is 9.09. The van der Waals surface area contributed by atoms with Crippen molar-refractivity contribution in [2.24, 2.45) is 0 Å². The Morgan fingerprint density at radius 3 is 2.65 bits per heavy atom. The Hall–Kier alpha value is -1.10. The van der Waals surface area contributed by atoms with Crippen molar-refractivity contribution >= 4 is 33.2 Å². The average molecular weight is 301 g/mol. The Balaban J connectivity index is 2.29. The zero-order valence-electron chi connectivity index (χ0n) is 9.78. The first-order valence-corrected chi connectivity index (χ1v) is 6.32. The normalized spacial score (nSPS) is 19.9. The van der Waals surface area contributed by atoms with Crippen molar-refractivity contribution in [1.29, 1.82) is 0 Å². The van der Waals surface area contributed by atoms with Crippen LogP contribution in [0.2, 0.25) is 0 Å². The molecule has 1 aromatic carbocycles. The van der Waals surface area contributed by atoms with Gasteiger partial charge in [-0.05, 0) is 18.2 Å². The van der Waals surface area contributed by atoms with E-state index in [0.29, 0.717) is 24.3 Å². The first-order valence-electron chi connectivity index (χ1n) is 5.40. The van der Waals surface area contributed by atoms with Crippen LogP contribution >= 0.6 is 15.9 Å². The van der Waals surface area contributed by atoms with Gasteiger partial charge in [-0.3, -0.25) is 4.79 Å². The number of hydrogen-bond donors (Lipinski definition) is 0. The van der Waals surface area contributed by atoms with Crippen molar-refractivity contribution < 1.29 is 9.18 Å². The predicted molar refractivity (Wildman–Crippen MR) is 70.4 cm³/mol. The molecule has 17 heavy (non-hydrogen) atoms. The molecule has 1 aliphatic rings. The minimum absolute atomic E-state index is 0.0314. The zero-order valence-corrected chi connectivity index (χ0v) is 11.4. The number of amides is 1. The monoisotopic (exact) mass is 300 g/mol. The summed E-state index contributed by atoms with van der Waals surface area (Å²) in [5.41, 5.74) is 1.15. The van der Waals surface area contributed by atoms with Gasteiger partial charge in [-0.25, -0.2) is 4.39 Å². The van der Waals surface area contributed by atoms with Crippen molar-refractivity contribution in [3.05, 3.63) is 24.0 Å². The second-order valence-electron chi connectivity index (χ2n) is 4.34. The molecule has 0 spiro atoms. The molecule has 0 radical (unpaired) electrons. The number of halogens is 2. The summed E-state index contributed by atoms with van der Waals surface area (Å²) in [4.78, 5) is 15.2. The maximum atomic E-state index is 13.8. The molecule has 1 fully saturated rings. The molecule has 1 unspecified atom stereocenters. The predicted octanol–water partition coefficient (Wildman–Crippen LogP) is 2.39. The highest BCUT2D eigenvalue weighted by Gasteiger charge is 2.29. The van der Waals surface area contributed by atoms with Gasteiger partial charge in [0.1, 0.15) is 5.82 Å². The third kappa shape index (κ3) is 2.44. The van der Waals surface area contributed by atoms with Gasteiger partial charge < -0.3 is 9.80 Å². The molecule has 0 bridgehead atoms. The van der Waals surface area contributed by atoms with Crippen LogP contribution in [0.15, 0.2) is 18.2 Å². The largest absolute Gasteiger partial charge is 0.375 e. The fraction of sp³-hybridized carbons (Fsp3) is 0.417. The molecule has 92 valence electrons. The van der Waals surface area contributed by atoms with E-state index in [9.17, 15) is 9.18 Å². The minimum Gasteiger partial charge on any atom is -0.375 e. The van der Waals surface area contributed by atoms with E-state index in [1.165, 1.54) is 6.07 Å². The maximum Gasteiger partial charge on any atom is 0.228 e. The number of benzene rings is 1. The van der Waals surface area contributed by atoms with Crippen LogP contribution in [0.1, 0.15) is 6.42 Å². The van der Waals surface area contributed by atoms with Gasteiger partial charge in [0, 0.05) is 37.6 Å². The zero-order chi connectivity index (χ0) is 12.6. The molecule has 1 aromatic rings. The van der Waals surface area contributed by atoms with Crippen LogP contribution in [-0.2, 0) is 4.79 Å².